The molecule has 2 unspecified atom stereocenters. The summed E-state index contributed by atoms with van der Waals surface area (Å²) in [5.74, 6) is 0.0180. The van der Waals surface area contributed by atoms with Crippen molar-refractivity contribution in [1.29, 1.82) is 0 Å². The Labute approximate surface area is 264 Å². The number of carbonyl (C=O) groups excluding carboxylic acids is 2. The number of nitrogens with one attached hydrogen (secondary N) is 1. The van der Waals surface area contributed by atoms with Gasteiger partial charge in [-0.05, 0) is 61.1 Å². The maximum absolute atomic E-state index is 13.6. The predicted molar refractivity (Wildman–Crippen MR) is 170 cm³/mol. The highest BCUT2D eigenvalue weighted by Crippen LogP contribution is 2.35. The number of nitrogens with zero attached hydrogens (tertiary/aromatic N) is 2. The van der Waals surface area contributed by atoms with E-state index < -0.39 is 6.10 Å². The predicted octanol–water partition coefficient (Wildman–Crippen LogP) is 6.79. The SMILES string of the molecule is CC(=O)NC1(c2ccccc2)CCN(CCCC2OC(c3ccc(Cl)c(Cl)c3)CN(Cc3ccccc3)C2=O)CC1.Cl. The van der Waals surface area contributed by atoms with Gasteiger partial charge in [-0.1, -0.05) is 89.9 Å². The van der Waals surface area contributed by atoms with Crippen molar-refractivity contribution in [3.8, 4) is 0 Å². The quantitative estimate of drug-likeness (QED) is 0.283. The molecule has 0 saturated carbocycles. The molecule has 2 aliphatic rings. The van der Waals surface area contributed by atoms with Gasteiger partial charge >= 0.3 is 0 Å². The van der Waals surface area contributed by atoms with Gasteiger partial charge in [0.15, 0.2) is 0 Å². The van der Waals surface area contributed by atoms with Crippen molar-refractivity contribution in [3.05, 3.63) is 106 Å². The number of ether oxygens (including phenoxy) is 1. The summed E-state index contributed by atoms with van der Waals surface area (Å²) in [6, 6.07) is 25.8. The van der Waals surface area contributed by atoms with Crippen LogP contribution in [0.25, 0.3) is 0 Å². The largest absolute Gasteiger partial charge is 0.359 e. The maximum atomic E-state index is 13.6. The lowest BCUT2D eigenvalue weighted by Crippen LogP contribution is -2.52. The van der Waals surface area contributed by atoms with Crippen LogP contribution in [0, 0.1) is 0 Å². The second-order valence-electron chi connectivity index (χ2n) is 11.1. The zero-order valence-electron chi connectivity index (χ0n) is 23.8. The molecule has 2 fully saturated rings. The fourth-order valence-electron chi connectivity index (χ4n) is 6.07. The van der Waals surface area contributed by atoms with Gasteiger partial charge in [-0.15, -0.1) is 12.4 Å². The molecule has 2 saturated heterocycles. The lowest BCUT2D eigenvalue weighted by Gasteiger charge is -2.43. The van der Waals surface area contributed by atoms with E-state index in [1.54, 1.807) is 13.0 Å². The van der Waals surface area contributed by atoms with Gasteiger partial charge in [-0.3, -0.25) is 9.59 Å². The van der Waals surface area contributed by atoms with Crippen LogP contribution in [-0.2, 0) is 26.4 Å². The molecule has 0 spiro atoms. The van der Waals surface area contributed by atoms with Crippen LogP contribution in [-0.4, -0.2) is 53.9 Å². The molecule has 5 rings (SSSR count). The Balaban J connectivity index is 0.00000405. The fraction of sp³-hybridized carbons (Fsp3) is 0.394. The minimum atomic E-state index is -0.528. The molecule has 1 N–H and O–H groups in total. The first-order valence-electron chi connectivity index (χ1n) is 14.3. The van der Waals surface area contributed by atoms with Crippen LogP contribution in [0.3, 0.4) is 0 Å². The first kappa shape index (κ1) is 32.3. The molecule has 6 nitrogen and oxygen atoms in total. The average molecular weight is 631 g/mol. The van der Waals surface area contributed by atoms with E-state index in [1.807, 2.05) is 65.6 Å². The topological polar surface area (TPSA) is 61.9 Å². The highest BCUT2D eigenvalue weighted by Gasteiger charge is 2.38. The number of likely N-dealkylation sites (tertiary alicyclic amines) is 1. The number of hydrogen-bond donors (Lipinski definition) is 1. The number of amides is 2. The molecule has 2 heterocycles. The van der Waals surface area contributed by atoms with Crippen molar-refractivity contribution < 1.29 is 14.3 Å². The van der Waals surface area contributed by atoms with Gasteiger partial charge in [0.05, 0.1) is 22.1 Å². The summed E-state index contributed by atoms with van der Waals surface area (Å²) in [5, 5.41) is 4.22. The summed E-state index contributed by atoms with van der Waals surface area (Å²) >= 11 is 12.5. The number of carbonyl (C=O) groups is 2. The lowest BCUT2D eigenvalue weighted by atomic mass is 9.80. The smallest absolute Gasteiger partial charge is 0.252 e. The summed E-state index contributed by atoms with van der Waals surface area (Å²) in [6.07, 6.45) is 2.35. The van der Waals surface area contributed by atoms with E-state index in [-0.39, 0.29) is 35.9 Å². The van der Waals surface area contributed by atoms with Crippen LogP contribution in [0.2, 0.25) is 10.0 Å². The van der Waals surface area contributed by atoms with Gasteiger partial charge < -0.3 is 19.9 Å². The van der Waals surface area contributed by atoms with Gasteiger partial charge in [-0.25, -0.2) is 0 Å². The summed E-state index contributed by atoms with van der Waals surface area (Å²) in [7, 11) is 0. The minimum Gasteiger partial charge on any atom is -0.359 e. The highest BCUT2D eigenvalue weighted by molar-refractivity contribution is 6.42. The molecule has 3 aromatic carbocycles. The number of benzene rings is 3. The third-order valence-corrected chi connectivity index (χ3v) is 8.96. The van der Waals surface area contributed by atoms with Crippen LogP contribution in [0.4, 0.5) is 0 Å². The van der Waals surface area contributed by atoms with E-state index in [2.05, 4.69) is 22.3 Å². The molecule has 0 aromatic heterocycles. The highest BCUT2D eigenvalue weighted by atomic mass is 35.5. The zero-order valence-corrected chi connectivity index (χ0v) is 26.1. The average Bonchev–Trinajstić information content (AvgIpc) is 2.98. The van der Waals surface area contributed by atoms with Gasteiger partial charge in [0.2, 0.25) is 5.91 Å². The first-order valence-corrected chi connectivity index (χ1v) is 15.1. The number of hydrogen-bond acceptors (Lipinski definition) is 4. The number of piperidine rings is 1. The molecule has 2 aliphatic heterocycles. The fourth-order valence-corrected chi connectivity index (χ4v) is 6.37. The van der Waals surface area contributed by atoms with Crippen LogP contribution < -0.4 is 5.32 Å². The van der Waals surface area contributed by atoms with Crippen LogP contribution >= 0.6 is 35.6 Å². The molecule has 0 bridgehead atoms. The van der Waals surface area contributed by atoms with Crippen molar-refractivity contribution in [2.24, 2.45) is 0 Å². The molecule has 9 heteroatoms. The van der Waals surface area contributed by atoms with E-state index in [4.69, 9.17) is 27.9 Å². The first-order chi connectivity index (χ1) is 19.8. The molecule has 2 atom stereocenters. The van der Waals surface area contributed by atoms with E-state index in [9.17, 15) is 9.59 Å². The van der Waals surface area contributed by atoms with Crippen LogP contribution in [0.15, 0.2) is 78.9 Å². The van der Waals surface area contributed by atoms with Crippen molar-refractivity contribution >= 4 is 47.4 Å². The van der Waals surface area contributed by atoms with Crippen molar-refractivity contribution in [3.63, 3.8) is 0 Å². The summed E-state index contributed by atoms with van der Waals surface area (Å²) in [4.78, 5) is 29.9. The van der Waals surface area contributed by atoms with Crippen molar-refractivity contribution in [1.82, 2.24) is 15.1 Å². The summed E-state index contributed by atoms with van der Waals surface area (Å²) in [5.41, 5.74) is 2.82. The van der Waals surface area contributed by atoms with Gasteiger partial charge in [-0.2, -0.15) is 0 Å². The van der Waals surface area contributed by atoms with Gasteiger partial charge in [0, 0.05) is 26.6 Å². The minimum absolute atomic E-state index is 0. The Morgan fingerprint density at radius 3 is 2.29 bits per heavy atom. The third kappa shape index (κ3) is 7.86. The summed E-state index contributed by atoms with van der Waals surface area (Å²) < 4.78 is 6.41. The molecular formula is C33H38Cl3N3O3. The van der Waals surface area contributed by atoms with E-state index >= 15 is 0 Å². The molecular weight excluding hydrogens is 593 g/mol. The monoisotopic (exact) mass is 629 g/mol. The Bertz CT molecular complexity index is 1330. The van der Waals surface area contributed by atoms with Gasteiger partial charge in [0.1, 0.15) is 12.2 Å². The van der Waals surface area contributed by atoms with E-state index in [0.717, 1.165) is 55.6 Å². The Kier molecular flexibility index (Phi) is 11.3. The molecule has 0 aliphatic carbocycles. The molecule has 2 amide bonds. The maximum Gasteiger partial charge on any atom is 0.252 e. The normalized spacial score (nSPS) is 20.5. The van der Waals surface area contributed by atoms with E-state index in [0.29, 0.717) is 29.6 Å². The number of morpholine rings is 1. The van der Waals surface area contributed by atoms with Crippen LogP contribution in [0.1, 0.15) is 55.4 Å². The Morgan fingerprint density at radius 1 is 0.976 bits per heavy atom. The van der Waals surface area contributed by atoms with Crippen LogP contribution in [0.5, 0.6) is 0 Å². The second-order valence-corrected chi connectivity index (χ2v) is 11.9. The zero-order chi connectivity index (χ0) is 28.8. The molecule has 3 aromatic rings. The van der Waals surface area contributed by atoms with Crippen molar-refractivity contribution in [2.75, 3.05) is 26.2 Å². The lowest BCUT2D eigenvalue weighted by molar-refractivity contribution is -0.164. The number of rotatable bonds is 9. The third-order valence-electron chi connectivity index (χ3n) is 8.23. The standard InChI is InChI=1S/C33H37Cl2N3O3.ClH/c1-24(39)36-33(27-11-6-3-7-12-27)16-19-37(20-17-33)18-8-13-30-32(40)38(22-25-9-4-2-5-10-25)23-31(41-30)26-14-15-28(34)29(35)21-26;/h2-7,9-12,14-15,21,30-31H,8,13,16-20,22-23H2,1H3,(H,36,39);1H. The molecule has 224 valence electrons. The second kappa shape index (κ2) is 14.7. The van der Waals surface area contributed by atoms with E-state index in [1.165, 1.54) is 0 Å². The number of halogens is 3. The van der Waals surface area contributed by atoms with Gasteiger partial charge in [0.25, 0.3) is 5.91 Å². The molecule has 42 heavy (non-hydrogen) atoms. The Hall–Kier alpha value is -2.61. The molecule has 0 radical (unpaired) electrons. The Morgan fingerprint density at radius 2 is 1.64 bits per heavy atom. The summed E-state index contributed by atoms with van der Waals surface area (Å²) in [6.45, 7) is 5.20. The van der Waals surface area contributed by atoms with Crippen molar-refractivity contribution in [2.45, 2.75) is 56.9 Å².